The number of hydrogen-bond acceptors (Lipinski definition) is 3. The third-order valence-electron chi connectivity index (χ3n) is 4.60. The van der Waals surface area contributed by atoms with E-state index in [0.29, 0.717) is 18.5 Å². The third kappa shape index (κ3) is 3.69. The number of aromatic nitrogens is 3. The second kappa shape index (κ2) is 7.99. The van der Waals surface area contributed by atoms with Crippen LogP contribution in [0, 0.1) is 0 Å². The average molecular weight is 352 g/mol. The van der Waals surface area contributed by atoms with Crippen LogP contribution in [0.1, 0.15) is 43.1 Å². The molecular weight excluding hydrogens is 328 g/mol. The van der Waals surface area contributed by atoms with Crippen LogP contribution in [0.25, 0.3) is 10.9 Å². The molecule has 1 amide bonds. The topological polar surface area (TPSA) is 68.9 Å². The van der Waals surface area contributed by atoms with Gasteiger partial charge in [-0.25, -0.2) is 4.98 Å². The van der Waals surface area contributed by atoms with Crippen molar-refractivity contribution in [1.29, 1.82) is 0 Å². The summed E-state index contributed by atoms with van der Waals surface area (Å²) in [5.41, 5.74) is 1.57. The van der Waals surface area contributed by atoms with Crippen LogP contribution in [-0.2, 0) is 11.3 Å². The van der Waals surface area contributed by atoms with Crippen LogP contribution in [0.5, 0.6) is 0 Å². The van der Waals surface area contributed by atoms with E-state index in [4.69, 9.17) is 0 Å². The van der Waals surface area contributed by atoms with Gasteiger partial charge in [-0.05, 0) is 25.8 Å². The van der Waals surface area contributed by atoms with E-state index in [1.54, 1.807) is 19.4 Å². The fourth-order valence-corrected chi connectivity index (χ4v) is 3.26. The summed E-state index contributed by atoms with van der Waals surface area (Å²) in [6.45, 7) is 4.96. The molecular formula is C20H24N4O2. The van der Waals surface area contributed by atoms with Crippen molar-refractivity contribution >= 4 is 22.6 Å². The summed E-state index contributed by atoms with van der Waals surface area (Å²) in [6.07, 6.45) is 8.73. The maximum Gasteiger partial charge on any atom is 0.243 e. The molecule has 136 valence electrons. The molecule has 2 aromatic heterocycles. The summed E-state index contributed by atoms with van der Waals surface area (Å²) in [5, 5.41) is 3.91. The van der Waals surface area contributed by atoms with Gasteiger partial charge in [0.1, 0.15) is 6.04 Å². The highest BCUT2D eigenvalue weighted by atomic mass is 16.2. The molecule has 26 heavy (non-hydrogen) atoms. The van der Waals surface area contributed by atoms with Gasteiger partial charge in [0.2, 0.25) is 5.91 Å². The normalized spacial score (nSPS) is 12.2. The number of nitrogens with zero attached hydrogens (tertiary/aromatic N) is 3. The summed E-state index contributed by atoms with van der Waals surface area (Å²) in [7, 11) is 0. The monoisotopic (exact) mass is 352 g/mol. The molecule has 0 aliphatic rings. The first-order valence-electron chi connectivity index (χ1n) is 8.95. The number of amides is 1. The number of carbonyl (C=O) groups is 2. The molecule has 0 bridgehead atoms. The van der Waals surface area contributed by atoms with Crippen molar-refractivity contribution in [2.45, 2.75) is 39.3 Å². The Kier molecular flexibility index (Phi) is 5.51. The minimum Gasteiger partial charge on any atom is -0.354 e. The van der Waals surface area contributed by atoms with Gasteiger partial charge in [-0.2, -0.15) is 0 Å². The van der Waals surface area contributed by atoms with E-state index >= 15 is 0 Å². The van der Waals surface area contributed by atoms with Gasteiger partial charge >= 0.3 is 0 Å². The number of fused-ring (bicyclic) bond motifs is 1. The number of rotatable bonds is 8. The Labute approximate surface area is 152 Å². The van der Waals surface area contributed by atoms with E-state index < -0.39 is 0 Å². The van der Waals surface area contributed by atoms with Gasteiger partial charge in [0.25, 0.3) is 0 Å². The van der Waals surface area contributed by atoms with Crippen LogP contribution >= 0.6 is 0 Å². The van der Waals surface area contributed by atoms with E-state index in [2.05, 4.69) is 10.3 Å². The molecule has 0 aliphatic carbocycles. The van der Waals surface area contributed by atoms with Crippen LogP contribution < -0.4 is 5.32 Å². The molecule has 0 spiro atoms. The molecule has 0 fully saturated rings. The molecule has 0 saturated heterocycles. The molecule has 3 rings (SSSR count). The molecule has 6 nitrogen and oxygen atoms in total. The Morgan fingerprint density at radius 3 is 2.77 bits per heavy atom. The second-order valence-electron chi connectivity index (χ2n) is 6.39. The maximum absolute atomic E-state index is 12.7. The van der Waals surface area contributed by atoms with Crippen molar-refractivity contribution < 1.29 is 9.59 Å². The molecule has 0 saturated carbocycles. The van der Waals surface area contributed by atoms with Crippen LogP contribution in [0.3, 0.4) is 0 Å². The SMILES string of the molecule is CCC(C(=O)NCCCn1ccnc1)n1cc(C(C)=O)c2ccccc21. The summed E-state index contributed by atoms with van der Waals surface area (Å²) in [6, 6.07) is 7.39. The third-order valence-corrected chi connectivity index (χ3v) is 4.60. The van der Waals surface area contributed by atoms with E-state index in [-0.39, 0.29) is 17.7 Å². The Morgan fingerprint density at radius 2 is 2.08 bits per heavy atom. The highest BCUT2D eigenvalue weighted by Crippen LogP contribution is 2.26. The summed E-state index contributed by atoms with van der Waals surface area (Å²) in [4.78, 5) is 28.7. The van der Waals surface area contributed by atoms with Gasteiger partial charge in [-0.1, -0.05) is 25.1 Å². The molecule has 6 heteroatoms. The minimum absolute atomic E-state index is 0.00976. The Morgan fingerprint density at radius 1 is 1.27 bits per heavy atom. The van der Waals surface area contributed by atoms with Crippen LogP contribution in [0.15, 0.2) is 49.2 Å². The zero-order valence-electron chi connectivity index (χ0n) is 15.2. The van der Waals surface area contributed by atoms with Gasteiger partial charge in [0, 0.05) is 48.1 Å². The Hall–Kier alpha value is -2.89. The zero-order chi connectivity index (χ0) is 18.5. The quantitative estimate of drug-likeness (QED) is 0.500. The molecule has 1 atom stereocenters. The molecule has 3 aromatic rings. The minimum atomic E-state index is -0.332. The first-order valence-corrected chi connectivity index (χ1v) is 8.95. The van der Waals surface area contributed by atoms with Crippen LogP contribution in [0.4, 0.5) is 0 Å². The maximum atomic E-state index is 12.7. The second-order valence-corrected chi connectivity index (χ2v) is 6.39. The van der Waals surface area contributed by atoms with Gasteiger partial charge in [0.15, 0.2) is 5.78 Å². The standard InChI is InChI=1S/C20H24N4O2/c1-3-18(20(26)22-9-6-11-23-12-10-21-14-23)24-13-17(15(2)25)16-7-4-5-8-19(16)24/h4-5,7-8,10,12-14,18H,3,6,9,11H2,1-2H3,(H,22,26). The van der Waals surface area contributed by atoms with Crippen molar-refractivity contribution in [2.75, 3.05) is 6.54 Å². The molecule has 0 aliphatic heterocycles. The summed E-state index contributed by atoms with van der Waals surface area (Å²) in [5.74, 6) is -0.00969. The summed E-state index contributed by atoms with van der Waals surface area (Å²) < 4.78 is 3.92. The number of aryl methyl sites for hydroxylation is 1. The predicted octanol–water partition coefficient (Wildman–Crippen LogP) is 3.20. The Bertz CT molecular complexity index is 896. The van der Waals surface area contributed by atoms with Crippen molar-refractivity contribution in [3.63, 3.8) is 0 Å². The zero-order valence-corrected chi connectivity index (χ0v) is 15.2. The lowest BCUT2D eigenvalue weighted by atomic mass is 10.1. The largest absolute Gasteiger partial charge is 0.354 e. The molecule has 1 unspecified atom stereocenters. The van der Waals surface area contributed by atoms with Crippen molar-refractivity contribution in [3.8, 4) is 0 Å². The fourth-order valence-electron chi connectivity index (χ4n) is 3.26. The number of imidazole rings is 1. The average Bonchev–Trinajstić information content (AvgIpc) is 3.28. The number of ketones is 1. The highest BCUT2D eigenvalue weighted by molar-refractivity contribution is 6.07. The van der Waals surface area contributed by atoms with Crippen molar-refractivity contribution in [2.24, 2.45) is 0 Å². The van der Waals surface area contributed by atoms with Crippen LogP contribution in [-0.4, -0.2) is 32.4 Å². The summed E-state index contributed by atoms with van der Waals surface area (Å²) >= 11 is 0. The predicted molar refractivity (Wildman–Crippen MR) is 101 cm³/mol. The lowest BCUT2D eigenvalue weighted by molar-refractivity contribution is -0.124. The first kappa shape index (κ1) is 17.9. The van der Waals surface area contributed by atoms with E-state index in [0.717, 1.165) is 23.9 Å². The lowest BCUT2D eigenvalue weighted by Gasteiger charge is -2.18. The number of Topliss-reactive ketones (excluding diaryl/α,β-unsaturated/α-hetero) is 1. The van der Waals surface area contributed by atoms with Gasteiger partial charge in [0.05, 0.1) is 6.33 Å². The van der Waals surface area contributed by atoms with Crippen molar-refractivity contribution in [3.05, 3.63) is 54.7 Å². The van der Waals surface area contributed by atoms with E-state index in [1.807, 2.05) is 52.7 Å². The van der Waals surface area contributed by atoms with Crippen LogP contribution in [0.2, 0.25) is 0 Å². The smallest absolute Gasteiger partial charge is 0.243 e. The molecule has 2 heterocycles. The number of benzene rings is 1. The number of nitrogens with one attached hydrogen (secondary N) is 1. The van der Waals surface area contributed by atoms with Gasteiger partial charge in [-0.3, -0.25) is 9.59 Å². The first-order chi connectivity index (χ1) is 12.6. The number of para-hydroxylation sites is 1. The highest BCUT2D eigenvalue weighted by Gasteiger charge is 2.22. The van der Waals surface area contributed by atoms with E-state index in [9.17, 15) is 9.59 Å². The van der Waals surface area contributed by atoms with Crippen molar-refractivity contribution in [1.82, 2.24) is 19.4 Å². The lowest BCUT2D eigenvalue weighted by Crippen LogP contribution is -2.33. The molecule has 0 radical (unpaired) electrons. The Balaban J connectivity index is 1.72. The van der Waals surface area contributed by atoms with Gasteiger partial charge in [-0.15, -0.1) is 0 Å². The van der Waals surface area contributed by atoms with E-state index in [1.165, 1.54) is 0 Å². The number of hydrogen-bond donors (Lipinski definition) is 1. The molecule has 1 N–H and O–H groups in total. The number of carbonyl (C=O) groups excluding carboxylic acids is 2. The fraction of sp³-hybridized carbons (Fsp3) is 0.350. The van der Waals surface area contributed by atoms with Gasteiger partial charge < -0.3 is 14.5 Å². The molecule has 1 aromatic carbocycles.